The Morgan fingerprint density at radius 2 is 0.706 bits per heavy atom. The minimum Gasteiger partial charge on any atom is -0.456 e. The van der Waals surface area contributed by atoms with Gasteiger partial charge in [-0.15, -0.1) is 0 Å². The molecule has 0 fully saturated rings. The zero-order chi connectivity index (χ0) is 44.8. The first-order chi connectivity index (χ1) is 33.7. The predicted octanol–water partition coefficient (Wildman–Crippen LogP) is 16.1. The van der Waals surface area contributed by atoms with Gasteiger partial charge >= 0.3 is 0 Å². The molecule has 0 unspecified atom stereocenters. The van der Waals surface area contributed by atoms with Crippen molar-refractivity contribution in [1.82, 2.24) is 15.0 Å². The number of fused-ring (bicyclic) bond motifs is 13. The molecule has 14 rings (SSSR count). The van der Waals surface area contributed by atoms with Gasteiger partial charge in [-0.05, 0) is 108 Å². The molecule has 10 aromatic carbocycles. The Kier molecular flexibility index (Phi) is 8.46. The average molecular weight is 866 g/mol. The quantitative estimate of drug-likeness (QED) is 0.167. The Balaban J connectivity index is 0.861. The van der Waals surface area contributed by atoms with Crippen LogP contribution in [0.25, 0.3) is 112 Å². The van der Waals surface area contributed by atoms with Crippen LogP contribution in [0.1, 0.15) is 22.3 Å². The van der Waals surface area contributed by atoms with Gasteiger partial charge in [0, 0.05) is 27.5 Å². The molecule has 1 spiro atoms. The largest absolute Gasteiger partial charge is 0.456 e. The van der Waals surface area contributed by atoms with Crippen molar-refractivity contribution in [3.63, 3.8) is 0 Å². The van der Waals surface area contributed by atoms with Crippen LogP contribution in [0, 0.1) is 0 Å². The second kappa shape index (κ2) is 15.0. The Bertz CT molecular complexity index is 3900. The molecule has 2 aliphatic carbocycles. The Hall–Kier alpha value is -8.99. The second-order valence-electron chi connectivity index (χ2n) is 17.8. The first kappa shape index (κ1) is 38.3. The number of nitrogens with zero attached hydrogens (tertiary/aromatic N) is 3. The minimum absolute atomic E-state index is 0.379. The molecule has 0 saturated carbocycles. The monoisotopic (exact) mass is 865 g/mol. The van der Waals surface area contributed by atoms with Crippen LogP contribution >= 0.6 is 0 Å². The van der Waals surface area contributed by atoms with Crippen LogP contribution in [0.2, 0.25) is 0 Å². The van der Waals surface area contributed by atoms with Crippen molar-refractivity contribution in [2.24, 2.45) is 0 Å². The summed E-state index contributed by atoms with van der Waals surface area (Å²) >= 11 is 0. The molecule has 68 heavy (non-hydrogen) atoms. The molecule has 4 nitrogen and oxygen atoms in total. The number of hydrogen-bond donors (Lipinski definition) is 0. The third-order valence-corrected chi connectivity index (χ3v) is 14.2. The van der Waals surface area contributed by atoms with Crippen LogP contribution in [-0.2, 0) is 5.41 Å². The summed E-state index contributed by atoms with van der Waals surface area (Å²) < 4.78 is 6.55. The number of benzene rings is 10. The number of rotatable bonds is 6. The maximum Gasteiger partial charge on any atom is 0.164 e. The number of furan rings is 1. The highest BCUT2D eigenvalue weighted by Crippen LogP contribution is 2.63. The van der Waals surface area contributed by atoms with Gasteiger partial charge in [0.05, 0.1) is 5.41 Å². The van der Waals surface area contributed by atoms with E-state index in [4.69, 9.17) is 19.4 Å². The summed E-state index contributed by atoms with van der Waals surface area (Å²) in [5, 5.41) is 1.98. The van der Waals surface area contributed by atoms with E-state index < -0.39 is 0 Å². The summed E-state index contributed by atoms with van der Waals surface area (Å²) in [5.74, 6) is 1.81. The molecule has 0 N–H and O–H groups in total. The molecule has 0 bridgehead atoms. The molecular weight excluding hydrogens is 827 g/mol. The fourth-order valence-electron chi connectivity index (χ4n) is 11.1. The van der Waals surface area contributed by atoms with E-state index in [2.05, 4.69) is 188 Å². The summed E-state index contributed by atoms with van der Waals surface area (Å²) in [6.07, 6.45) is 0. The van der Waals surface area contributed by atoms with Crippen molar-refractivity contribution in [2.75, 3.05) is 0 Å². The molecule has 2 aliphatic rings. The topological polar surface area (TPSA) is 51.8 Å². The van der Waals surface area contributed by atoms with E-state index in [1.165, 1.54) is 55.6 Å². The SMILES string of the molecule is c1ccc(-c2cccc(-c3nc(-c4ccccc4)nc(-c4cccc5oc6ccc(-c7ccc(-c8ccc9c(c8)C8(c%10ccccc%10-c%10ccccc%108)c8ccccc8-9)cc7)cc6c45)n3)c2)cc1. The smallest absolute Gasteiger partial charge is 0.164 e. The standard InChI is InChI=1S/C64H39N3O/c1-3-15-40(16-4-1)44-19-13-20-47(37-44)62-65-61(43-17-5-2-6-18-43)66-63(67-62)52-24-14-28-59-60(52)53-38-45(34-36-58(53)68-59)41-29-31-42(32-30-41)46-33-35-51-50-23-9-12-27-56(50)64(57(51)39-46)54-25-10-7-21-48(54)49-22-8-11-26-55(49)64/h1-39H. The summed E-state index contributed by atoms with van der Waals surface area (Å²) in [6.45, 7) is 0. The zero-order valence-corrected chi connectivity index (χ0v) is 36.8. The van der Waals surface area contributed by atoms with Gasteiger partial charge in [0.1, 0.15) is 11.2 Å². The van der Waals surface area contributed by atoms with E-state index in [-0.39, 0.29) is 5.41 Å². The molecule has 0 saturated heterocycles. The maximum atomic E-state index is 6.55. The molecule has 12 aromatic rings. The molecule has 316 valence electrons. The van der Waals surface area contributed by atoms with Crippen molar-refractivity contribution in [3.8, 4) is 89.8 Å². The van der Waals surface area contributed by atoms with Crippen LogP contribution < -0.4 is 0 Å². The normalized spacial score (nSPS) is 12.8. The van der Waals surface area contributed by atoms with Crippen LogP contribution in [0.3, 0.4) is 0 Å². The van der Waals surface area contributed by atoms with E-state index in [0.717, 1.165) is 60.9 Å². The zero-order valence-electron chi connectivity index (χ0n) is 36.8. The lowest BCUT2D eigenvalue weighted by molar-refractivity contribution is 0.669. The van der Waals surface area contributed by atoms with E-state index in [0.29, 0.717) is 17.5 Å². The molecular formula is C64H39N3O. The molecule has 0 amide bonds. The lowest BCUT2D eigenvalue weighted by atomic mass is 9.70. The third-order valence-electron chi connectivity index (χ3n) is 14.2. The maximum absolute atomic E-state index is 6.55. The van der Waals surface area contributed by atoms with E-state index in [1.54, 1.807) is 0 Å². The highest BCUT2D eigenvalue weighted by atomic mass is 16.3. The third kappa shape index (κ3) is 5.77. The van der Waals surface area contributed by atoms with Crippen molar-refractivity contribution in [1.29, 1.82) is 0 Å². The first-order valence-electron chi connectivity index (χ1n) is 23.2. The van der Waals surface area contributed by atoms with Crippen LogP contribution in [-0.4, -0.2) is 15.0 Å². The minimum atomic E-state index is -0.379. The lowest BCUT2D eigenvalue weighted by Gasteiger charge is -2.30. The van der Waals surface area contributed by atoms with Gasteiger partial charge in [-0.2, -0.15) is 0 Å². The van der Waals surface area contributed by atoms with Crippen LogP contribution in [0.5, 0.6) is 0 Å². The fourth-order valence-corrected chi connectivity index (χ4v) is 11.1. The number of aromatic nitrogens is 3. The molecule has 4 heteroatoms. The Morgan fingerprint density at radius 1 is 0.265 bits per heavy atom. The average Bonchev–Trinajstić information content (AvgIpc) is 4.05. The highest BCUT2D eigenvalue weighted by molar-refractivity contribution is 6.13. The van der Waals surface area contributed by atoms with Crippen molar-refractivity contribution in [2.45, 2.75) is 5.41 Å². The van der Waals surface area contributed by atoms with Gasteiger partial charge in [0.15, 0.2) is 17.5 Å². The van der Waals surface area contributed by atoms with Crippen molar-refractivity contribution >= 4 is 21.9 Å². The van der Waals surface area contributed by atoms with E-state index >= 15 is 0 Å². The highest BCUT2D eigenvalue weighted by Gasteiger charge is 2.51. The Morgan fingerprint density at radius 3 is 1.37 bits per heavy atom. The second-order valence-corrected chi connectivity index (χ2v) is 17.8. The summed E-state index contributed by atoms with van der Waals surface area (Å²) in [5.41, 5.74) is 21.4. The van der Waals surface area contributed by atoms with E-state index in [1.807, 2.05) is 48.5 Å². The van der Waals surface area contributed by atoms with Gasteiger partial charge in [-0.25, -0.2) is 15.0 Å². The molecule has 0 radical (unpaired) electrons. The Labute approximate surface area is 393 Å². The van der Waals surface area contributed by atoms with Crippen LogP contribution in [0.15, 0.2) is 241 Å². The van der Waals surface area contributed by atoms with Gasteiger partial charge < -0.3 is 4.42 Å². The van der Waals surface area contributed by atoms with Gasteiger partial charge in [-0.3, -0.25) is 0 Å². The lowest BCUT2D eigenvalue weighted by Crippen LogP contribution is -2.25. The molecule has 0 aliphatic heterocycles. The van der Waals surface area contributed by atoms with Crippen molar-refractivity contribution in [3.05, 3.63) is 259 Å². The van der Waals surface area contributed by atoms with Gasteiger partial charge in [0.2, 0.25) is 0 Å². The first-order valence-corrected chi connectivity index (χ1v) is 23.2. The fraction of sp³-hybridized carbons (Fsp3) is 0.0156. The molecule has 0 atom stereocenters. The summed E-state index contributed by atoms with van der Waals surface area (Å²) in [4.78, 5) is 15.4. The summed E-state index contributed by atoms with van der Waals surface area (Å²) in [7, 11) is 0. The van der Waals surface area contributed by atoms with Gasteiger partial charge in [-0.1, -0.05) is 206 Å². The van der Waals surface area contributed by atoms with Crippen LogP contribution in [0.4, 0.5) is 0 Å². The number of hydrogen-bond acceptors (Lipinski definition) is 4. The van der Waals surface area contributed by atoms with Crippen molar-refractivity contribution < 1.29 is 4.42 Å². The predicted molar refractivity (Wildman–Crippen MR) is 276 cm³/mol. The molecule has 2 aromatic heterocycles. The van der Waals surface area contributed by atoms with Gasteiger partial charge in [0.25, 0.3) is 0 Å². The van der Waals surface area contributed by atoms with E-state index in [9.17, 15) is 0 Å². The molecule has 2 heterocycles. The summed E-state index contributed by atoms with van der Waals surface area (Å²) in [6, 6.07) is 84.6.